The van der Waals surface area contributed by atoms with Crippen molar-refractivity contribution in [1.82, 2.24) is 0 Å². The highest BCUT2D eigenvalue weighted by atomic mass is 19.4. The summed E-state index contributed by atoms with van der Waals surface area (Å²) in [5.41, 5.74) is -0.00829. The van der Waals surface area contributed by atoms with Crippen LogP contribution in [0.25, 0.3) is 0 Å². The molecule has 0 radical (unpaired) electrons. The van der Waals surface area contributed by atoms with Gasteiger partial charge in [-0.15, -0.1) is 0 Å². The Kier molecular flexibility index (Phi) is 7.95. The van der Waals surface area contributed by atoms with Crippen molar-refractivity contribution in [2.24, 2.45) is 10.8 Å². The van der Waals surface area contributed by atoms with E-state index in [2.05, 4.69) is 6.92 Å². The molecule has 0 aliphatic heterocycles. The molecule has 3 saturated carbocycles. The molecule has 3 aliphatic rings. The van der Waals surface area contributed by atoms with Gasteiger partial charge in [0.05, 0.1) is 12.0 Å². The number of esters is 1. The number of ether oxygens (including phenoxy) is 2. The Balaban J connectivity index is 1.44. The van der Waals surface area contributed by atoms with Gasteiger partial charge >= 0.3 is 18.1 Å². The first kappa shape index (κ1) is 25.8. The second-order valence-corrected chi connectivity index (χ2v) is 9.75. The summed E-state index contributed by atoms with van der Waals surface area (Å²) >= 11 is 0. The molecule has 0 N–H and O–H groups in total. The molecule has 4 rings (SSSR count). The minimum atomic E-state index is -5.55. The lowest BCUT2D eigenvalue weighted by molar-refractivity contribution is -0.284. The molecule has 0 saturated heterocycles. The number of benzene rings is 1. The molecule has 0 heterocycles. The summed E-state index contributed by atoms with van der Waals surface area (Å²) in [4.78, 5) is 13.0. The van der Waals surface area contributed by atoms with Crippen LogP contribution in [0.3, 0.4) is 0 Å². The monoisotopic (exact) mass is 476 g/mol. The van der Waals surface area contributed by atoms with Gasteiger partial charge in [-0.05, 0) is 81.0 Å². The third-order valence-corrected chi connectivity index (χ3v) is 7.50. The van der Waals surface area contributed by atoms with Gasteiger partial charge < -0.3 is 9.47 Å². The minimum Gasteiger partial charge on any atom is -0.494 e. The average Bonchev–Trinajstić information content (AvgIpc) is 2.78. The summed E-state index contributed by atoms with van der Waals surface area (Å²) in [7, 11) is 0. The molecule has 186 valence electrons. The second-order valence-electron chi connectivity index (χ2n) is 9.75. The molecule has 8 heteroatoms. The zero-order chi connectivity index (χ0) is 24.2. The zero-order valence-corrected chi connectivity index (χ0v) is 19.1. The number of unbranched alkanes of at least 4 members (excludes halogenated alkanes) is 2. The van der Waals surface area contributed by atoms with Crippen LogP contribution in [0, 0.1) is 10.8 Å². The van der Waals surface area contributed by atoms with E-state index < -0.39 is 30.4 Å². The predicted octanol–water partition coefficient (Wildman–Crippen LogP) is 7.87. The molecule has 1 aromatic carbocycles. The highest BCUT2D eigenvalue weighted by molar-refractivity contribution is 5.79. The van der Waals surface area contributed by atoms with Crippen molar-refractivity contribution in [3.63, 3.8) is 0 Å². The number of rotatable bonds is 11. The van der Waals surface area contributed by atoms with Crippen LogP contribution in [0.1, 0.15) is 84.0 Å². The average molecular weight is 477 g/mol. The number of carbonyl (C=O) groups excluding carboxylic acids is 1. The quantitative estimate of drug-likeness (QED) is 0.141. The summed E-state index contributed by atoms with van der Waals surface area (Å²) in [5, 5.41) is 0. The maximum atomic E-state index is 13.0. The van der Waals surface area contributed by atoms with Gasteiger partial charge in [0.1, 0.15) is 11.5 Å². The van der Waals surface area contributed by atoms with E-state index in [-0.39, 0.29) is 12.6 Å². The van der Waals surface area contributed by atoms with Gasteiger partial charge in [-0.2, -0.15) is 22.0 Å². The fraction of sp³-hybridized carbons (Fsp3) is 0.720. The lowest BCUT2D eigenvalue weighted by Gasteiger charge is -2.52. The third-order valence-electron chi connectivity index (χ3n) is 7.50. The van der Waals surface area contributed by atoms with Crippen LogP contribution in [-0.2, 0) is 4.79 Å². The van der Waals surface area contributed by atoms with Crippen molar-refractivity contribution < 1.29 is 36.2 Å². The summed E-state index contributed by atoms with van der Waals surface area (Å²) in [6, 6.07) is 6.13. The van der Waals surface area contributed by atoms with E-state index in [9.17, 15) is 26.7 Å². The van der Waals surface area contributed by atoms with Crippen LogP contribution >= 0.6 is 0 Å². The van der Waals surface area contributed by atoms with Crippen molar-refractivity contribution in [3.05, 3.63) is 24.3 Å². The Morgan fingerprint density at radius 3 is 2.00 bits per heavy atom. The molecule has 3 nitrogen and oxygen atoms in total. The largest absolute Gasteiger partial charge is 0.494 e. The Labute approximate surface area is 192 Å². The maximum Gasteiger partial charge on any atom is 0.453 e. The Bertz CT molecular complexity index is 764. The molecule has 0 unspecified atom stereocenters. The summed E-state index contributed by atoms with van der Waals surface area (Å²) in [6.45, 7) is 1.94. The summed E-state index contributed by atoms with van der Waals surface area (Å²) in [5.74, 6) is -4.24. The number of halogens is 5. The first-order chi connectivity index (χ1) is 15.5. The molecule has 3 aliphatic carbocycles. The smallest absolute Gasteiger partial charge is 0.453 e. The highest BCUT2D eigenvalue weighted by Crippen LogP contribution is 2.59. The highest BCUT2D eigenvalue weighted by Gasteiger charge is 2.56. The first-order valence-corrected chi connectivity index (χ1v) is 11.9. The van der Waals surface area contributed by atoms with E-state index in [4.69, 9.17) is 9.47 Å². The van der Waals surface area contributed by atoms with Gasteiger partial charge in [0.2, 0.25) is 0 Å². The number of hydrogen-bond acceptors (Lipinski definition) is 3. The first-order valence-electron chi connectivity index (χ1n) is 11.9. The number of alkyl halides is 5. The SMILES string of the molecule is CCCCCC12CCC(C(=O)Oc3ccc(OCCCC(F)(F)C(F)(F)F)cc3)(CC1)CC2. The van der Waals surface area contributed by atoms with Gasteiger partial charge in [0.25, 0.3) is 0 Å². The topological polar surface area (TPSA) is 35.5 Å². The normalized spacial score (nSPS) is 25.2. The Morgan fingerprint density at radius 2 is 1.45 bits per heavy atom. The minimum absolute atomic E-state index is 0.201. The van der Waals surface area contributed by atoms with Gasteiger partial charge in [-0.3, -0.25) is 4.79 Å². The maximum absolute atomic E-state index is 13.0. The molecular formula is C25H33F5O3. The predicted molar refractivity (Wildman–Crippen MR) is 115 cm³/mol. The van der Waals surface area contributed by atoms with Crippen LogP contribution in [0.15, 0.2) is 24.3 Å². The molecule has 33 heavy (non-hydrogen) atoms. The van der Waals surface area contributed by atoms with Crippen LogP contribution in [0.5, 0.6) is 11.5 Å². The standard InChI is InChI=1S/C25H33F5O3/c1-2-3-4-10-22-12-15-23(16-13-22,17-14-22)21(31)33-20-8-6-19(7-9-20)32-18-5-11-24(26,27)25(28,29)30/h6-9H,2-5,10-18H2,1H3. The molecule has 0 aromatic heterocycles. The lowest BCUT2D eigenvalue weighted by Crippen LogP contribution is -2.47. The fourth-order valence-electron chi connectivity index (χ4n) is 5.14. The van der Waals surface area contributed by atoms with E-state index in [0.717, 1.165) is 38.5 Å². The fourth-order valence-corrected chi connectivity index (χ4v) is 5.14. The van der Waals surface area contributed by atoms with Gasteiger partial charge in [0, 0.05) is 6.42 Å². The summed E-state index contributed by atoms with van der Waals surface area (Å²) in [6.07, 6.45) is 3.48. The molecule has 1 aromatic rings. The van der Waals surface area contributed by atoms with Crippen molar-refractivity contribution in [2.75, 3.05) is 6.61 Å². The number of fused-ring (bicyclic) bond motifs is 3. The lowest BCUT2D eigenvalue weighted by atomic mass is 9.52. The third kappa shape index (κ3) is 6.18. The molecular weight excluding hydrogens is 443 g/mol. The van der Waals surface area contributed by atoms with Crippen LogP contribution < -0.4 is 9.47 Å². The van der Waals surface area contributed by atoms with Crippen LogP contribution in [0.2, 0.25) is 0 Å². The van der Waals surface area contributed by atoms with Gasteiger partial charge in [-0.1, -0.05) is 26.2 Å². The number of hydrogen-bond donors (Lipinski definition) is 0. The van der Waals surface area contributed by atoms with E-state index in [1.807, 2.05) is 0 Å². The van der Waals surface area contributed by atoms with Crippen molar-refractivity contribution >= 4 is 5.97 Å². The molecule has 0 spiro atoms. The Morgan fingerprint density at radius 1 is 0.879 bits per heavy atom. The molecule has 0 atom stereocenters. The molecule has 2 bridgehead atoms. The zero-order valence-electron chi connectivity index (χ0n) is 19.1. The van der Waals surface area contributed by atoms with E-state index in [1.165, 1.54) is 37.8 Å². The van der Waals surface area contributed by atoms with Gasteiger partial charge in [-0.25, -0.2) is 0 Å². The number of carbonyl (C=O) groups is 1. The van der Waals surface area contributed by atoms with Gasteiger partial charge in [0.15, 0.2) is 0 Å². The van der Waals surface area contributed by atoms with Crippen molar-refractivity contribution in [2.45, 2.75) is 96.1 Å². The molecule has 0 amide bonds. The Hall–Kier alpha value is -1.86. The van der Waals surface area contributed by atoms with Crippen LogP contribution in [-0.4, -0.2) is 24.7 Å². The van der Waals surface area contributed by atoms with Crippen molar-refractivity contribution in [3.8, 4) is 11.5 Å². The summed E-state index contributed by atoms with van der Waals surface area (Å²) < 4.78 is 73.2. The van der Waals surface area contributed by atoms with E-state index >= 15 is 0 Å². The van der Waals surface area contributed by atoms with E-state index in [1.54, 1.807) is 12.1 Å². The second kappa shape index (κ2) is 10.2. The van der Waals surface area contributed by atoms with Crippen molar-refractivity contribution in [1.29, 1.82) is 0 Å². The molecule has 3 fully saturated rings. The van der Waals surface area contributed by atoms with E-state index in [0.29, 0.717) is 16.9 Å². The van der Waals surface area contributed by atoms with Crippen LogP contribution in [0.4, 0.5) is 22.0 Å².